The Bertz CT molecular complexity index is 295. The minimum atomic E-state index is 0. The lowest BCUT2D eigenvalue weighted by molar-refractivity contribution is 0.356. The van der Waals surface area contributed by atoms with E-state index in [0.717, 1.165) is 18.9 Å². The van der Waals surface area contributed by atoms with E-state index in [1.54, 1.807) is 0 Å². The monoisotopic (exact) mass is 266 g/mol. The molecule has 4 nitrogen and oxygen atoms in total. The van der Waals surface area contributed by atoms with Crippen LogP contribution in [0, 0.1) is 0 Å². The minimum Gasteiger partial charge on any atom is -0.317 e. The third kappa shape index (κ3) is 3.34. The predicted octanol–water partition coefficient (Wildman–Crippen LogP) is 2.17. The largest absolute Gasteiger partial charge is 0.317 e. The fourth-order valence-corrected chi connectivity index (χ4v) is 2.03. The molecule has 0 spiro atoms. The summed E-state index contributed by atoms with van der Waals surface area (Å²) in [5.74, 6) is 1.59. The highest BCUT2D eigenvalue weighted by atomic mass is 35.5. The van der Waals surface area contributed by atoms with Crippen molar-refractivity contribution < 1.29 is 0 Å². The number of piperidine rings is 1. The van der Waals surface area contributed by atoms with Gasteiger partial charge in [-0.1, -0.05) is 13.8 Å². The van der Waals surface area contributed by atoms with Gasteiger partial charge in [-0.25, -0.2) is 0 Å². The van der Waals surface area contributed by atoms with Crippen LogP contribution >= 0.6 is 24.8 Å². The lowest BCUT2D eigenvalue weighted by Gasteiger charge is -2.25. The maximum Gasteiger partial charge on any atom is 0.135 e. The summed E-state index contributed by atoms with van der Waals surface area (Å²) in [6, 6.07) is 0.601. The van der Waals surface area contributed by atoms with Gasteiger partial charge in [0.1, 0.15) is 12.2 Å². The number of nitrogens with zero attached hydrogens (tertiary/aromatic N) is 3. The zero-order valence-electron chi connectivity index (χ0n) is 9.72. The fourth-order valence-electron chi connectivity index (χ4n) is 2.03. The molecule has 0 amide bonds. The molecule has 1 aliphatic rings. The topological polar surface area (TPSA) is 42.7 Å². The van der Waals surface area contributed by atoms with Gasteiger partial charge in [-0.2, -0.15) is 0 Å². The fraction of sp³-hybridized carbons (Fsp3) is 0.800. The van der Waals surface area contributed by atoms with Crippen LogP contribution in [-0.2, 0) is 0 Å². The smallest absolute Gasteiger partial charge is 0.135 e. The second kappa shape index (κ2) is 7.09. The number of aromatic nitrogens is 3. The Morgan fingerprint density at radius 3 is 2.50 bits per heavy atom. The van der Waals surface area contributed by atoms with E-state index in [1.165, 1.54) is 12.8 Å². The van der Waals surface area contributed by atoms with E-state index >= 15 is 0 Å². The van der Waals surface area contributed by atoms with Crippen LogP contribution in [0.15, 0.2) is 6.33 Å². The van der Waals surface area contributed by atoms with Crippen LogP contribution in [0.3, 0.4) is 0 Å². The number of halogens is 2. The molecule has 0 aliphatic carbocycles. The molecule has 16 heavy (non-hydrogen) atoms. The van der Waals surface area contributed by atoms with Crippen LogP contribution in [0.4, 0.5) is 0 Å². The summed E-state index contributed by atoms with van der Waals surface area (Å²) < 4.78 is 2.26. The van der Waals surface area contributed by atoms with Crippen LogP contribution in [0.1, 0.15) is 44.5 Å². The zero-order valence-corrected chi connectivity index (χ0v) is 11.4. The number of rotatable bonds is 2. The van der Waals surface area contributed by atoms with Gasteiger partial charge in [0.05, 0.1) is 0 Å². The van der Waals surface area contributed by atoms with Crippen molar-refractivity contribution in [2.24, 2.45) is 0 Å². The third-order valence-corrected chi connectivity index (χ3v) is 2.82. The molecule has 1 aromatic heterocycles. The van der Waals surface area contributed by atoms with Gasteiger partial charge in [0.15, 0.2) is 0 Å². The molecule has 6 heteroatoms. The van der Waals surface area contributed by atoms with Gasteiger partial charge in [0, 0.05) is 12.0 Å². The van der Waals surface area contributed by atoms with Crippen molar-refractivity contribution in [3.63, 3.8) is 0 Å². The van der Waals surface area contributed by atoms with Crippen molar-refractivity contribution in [2.45, 2.75) is 38.6 Å². The van der Waals surface area contributed by atoms with E-state index in [4.69, 9.17) is 0 Å². The maximum absolute atomic E-state index is 4.18. The van der Waals surface area contributed by atoms with Gasteiger partial charge in [0.25, 0.3) is 0 Å². The highest BCUT2D eigenvalue weighted by Gasteiger charge is 2.19. The predicted molar refractivity (Wildman–Crippen MR) is 69.7 cm³/mol. The second-order valence-corrected chi connectivity index (χ2v) is 4.23. The van der Waals surface area contributed by atoms with E-state index in [1.807, 2.05) is 6.33 Å². The van der Waals surface area contributed by atoms with Crippen LogP contribution in [0.2, 0.25) is 0 Å². The first kappa shape index (κ1) is 15.7. The average Bonchev–Trinajstić information content (AvgIpc) is 2.67. The lowest BCUT2D eigenvalue weighted by atomic mass is 10.1. The van der Waals surface area contributed by atoms with E-state index < -0.39 is 0 Å². The van der Waals surface area contributed by atoms with Gasteiger partial charge >= 0.3 is 0 Å². The summed E-state index contributed by atoms with van der Waals surface area (Å²) in [7, 11) is 0. The molecule has 0 atom stereocenters. The second-order valence-electron chi connectivity index (χ2n) is 4.23. The SMILES string of the molecule is CC(C)c1nncn1C1CCNCC1.Cl.Cl. The molecule has 0 bridgehead atoms. The van der Waals surface area contributed by atoms with E-state index in [-0.39, 0.29) is 24.8 Å². The first-order chi connectivity index (χ1) is 6.79. The summed E-state index contributed by atoms with van der Waals surface area (Å²) in [4.78, 5) is 0. The Morgan fingerprint density at radius 1 is 1.31 bits per heavy atom. The summed E-state index contributed by atoms with van der Waals surface area (Å²) >= 11 is 0. The highest BCUT2D eigenvalue weighted by Crippen LogP contribution is 2.22. The van der Waals surface area contributed by atoms with Crippen molar-refractivity contribution in [3.8, 4) is 0 Å². The number of hydrogen-bond donors (Lipinski definition) is 1. The molecule has 0 saturated carbocycles. The molecule has 2 rings (SSSR count). The highest BCUT2D eigenvalue weighted by molar-refractivity contribution is 5.85. The first-order valence-corrected chi connectivity index (χ1v) is 5.39. The molecule has 0 aromatic carbocycles. The van der Waals surface area contributed by atoms with E-state index in [2.05, 4.69) is 33.9 Å². The molecule has 0 unspecified atom stereocenters. The zero-order chi connectivity index (χ0) is 9.97. The Morgan fingerprint density at radius 2 is 1.94 bits per heavy atom. The normalized spacial score (nSPS) is 16.7. The van der Waals surface area contributed by atoms with E-state index in [9.17, 15) is 0 Å². The Balaban J connectivity index is 0.00000112. The molecule has 0 radical (unpaired) electrons. The number of hydrogen-bond acceptors (Lipinski definition) is 3. The molecule has 1 fully saturated rings. The minimum absolute atomic E-state index is 0. The molecule has 1 saturated heterocycles. The molecule has 2 heterocycles. The Labute approximate surface area is 109 Å². The Hall–Kier alpha value is -0.320. The summed E-state index contributed by atoms with van der Waals surface area (Å²) in [6.45, 7) is 6.56. The van der Waals surface area contributed by atoms with Gasteiger partial charge in [-0.3, -0.25) is 0 Å². The summed E-state index contributed by atoms with van der Waals surface area (Å²) in [6.07, 6.45) is 4.26. The van der Waals surface area contributed by atoms with Crippen LogP contribution < -0.4 is 5.32 Å². The van der Waals surface area contributed by atoms with Gasteiger partial charge in [-0.15, -0.1) is 35.0 Å². The number of nitrogens with one attached hydrogen (secondary N) is 1. The average molecular weight is 267 g/mol. The Kier molecular flexibility index (Phi) is 6.95. The van der Waals surface area contributed by atoms with Crippen molar-refractivity contribution in [2.75, 3.05) is 13.1 Å². The molecule has 1 N–H and O–H groups in total. The van der Waals surface area contributed by atoms with Gasteiger partial charge < -0.3 is 9.88 Å². The lowest BCUT2D eigenvalue weighted by Crippen LogP contribution is -2.30. The first-order valence-electron chi connectivity index (χ1n) is 5.39. The van der Waals surface area contributed by atoms with Crippen LogP contribution in [0.5, 0.6) is 0 Å². The van der Waals surface area contributed by atoms with Gasteiger partial charge in [0.2, 0.25) is 0 Å². The standard InChI is InChI=1S/C10H18N4.2ClH/c1-8(2)10-13-12-7-14(10)9-3-5-11-6-4-9;;/h7-9,11H,3-6H2,1-2H3;2*1H. The van der Waals surface area contributed by atoms with Gasteiger partial charge in [-0.05, 0) is 25.9 Å². The van der Waals surface area contributed by atoms with Crippen molar-refractivity contribution >= 4 is 24.8 Å². The summed E-state index contributed by atoms with van der Waals surface area (Å²) in [5.41, 5.74) is 0. The molecular weight excluding hydrogens is 247 g/mol. The molecular formula is C10H20Cl2N4. The van der Waals surface area contributed by atoms with Crippen molar-refractivity contribution in [3.05, 3.63) is 12.2 Å². The van der Waals surface area contributed by atoms with Crippen molar-refractivity contribution in [1.29, 1.82) is 0 Å². The van der Waals surface area contributed by atoms with E-state index in [0.29, 0.717) is 12.0 Å². The molecule has 1 aliphatic heterocycles. The molecule has 1 aromatic rings. The molecule has 94 valence electrons. The van der Waals surface area contributed by atoms with Crippen LogP contribution in [0.25, 0.3) is 0 Å². The quantitative estimate of drug-likeness (QED) is 0.893. The van der Waals surface area contributed by atoms with Crippen molar-refractivity contribution in [1.82, 2.24) is 20.1 Å². The summed E-state index contributed by atoms with van der Waals surface area (Å²) in [5, 5.41) is 11.6. The van der Waals surface area contributed by atoms with Crippen LogP contribution in [-0.4, -0.2) is 27.9 Å². The maximum atomic E-state index is 4.18. The third-order valence-electron chi connectivity index (χ3n) is 2.82.